The lowest BCUT2D eigenvalue weighted by Gasteiger charge is -2.05. The van der Waals surface area contributed by atoms with Crippen molar-refractivity contribution >= 4 is 31.5 Å². The average Bonchev–Trinajstić information content (AvgIpc) is 2.39. The summed E-state index contributed by atoms with van der Waals surface area (Å²) in [6.07, 6.45) is 0. The van der Waals surface area contributed by atoms with Crippen LogP contribution in [-0.2, 0) is 9.84 Å². The molecule has 19 heavy (non-hydrogen) atoms. The van der Waals surface area contributed by atoms with E-state index in [0.29, 0.717) is 10.0 Å². The molecule has 0 aliphatic heterocycles. The van der Waals surface area contributed by atoms with Gasteiger partial charge in [-0.3, -0.25) is 0 Å². The zero-order chi connectivity index (χ0) is 13.9. The second kappa shape index (κ2) is 5.59. The number of benzene rings is 2. The van der Waals surface area contributed by atoms with Crippen molar-refractivity contribution in [2.75, 3.05) is 0 Å². The highest BCUT2D eigenvalue weighted by molar-refractivity contribution is 9.10. The number of rotatable bonds is 3. The van der Waals surface area contributed by atoms with E-state index in [9.17, 15) is 8.42 Å². The fraction of sp³-hybridized carbons (Fsp3) is 0. The van der Waals surface area contributed by atoms with E-state index in [2.05, 4.69) is 15.9 Å². The van der Waals surface area contributed by atoms with E-state index in [4.69, 9.17) is 5.73 Å². The third kappa shape index (κ3) is 3.24. The molecule has 0 bridgehead atoms. The van der Waals surface area contributed by atoms with Gasteiger partial charge < -0.3 is 5.73 Å². The Morgan fingerprint density at radius 1 is 1.00 bits per heavy atom. The van der Waals surface area contributed by atoms with Crippen molar-refractivity contribution in [2.24, 2.45) is 5.73 Å². The van der Waals surface area contributed by atoms with E-state index in [-0.39, 0.29) is 10.6 Å². The molecule has 2 aromatic carbocycles. The summed E-state index contributed by atoms with van der Waals surface area (Å²) in [6, 6.07) is 15.6. The minimum atomic E-state index is -3.57. The normalized spacial score (nSPS) is 12.4. The fourth-order valence-corrected chi connectivity index (χ4v) is 3.77. The largest absolute Gasteiger partial charge is 0.398 e. The molecule has 5 heteroatoms. The summed E-state index contributed by atoms with van der Waals surface area (Å²) < 4.78 is 25.0. The highest BCUT2D eigenvalue weighted by Gasteiger charge is 2.15. The van der Waals surface area contributed by atoms with Crippen molar-refractivity contribution in [3.05, 3.63) is 70.0 Å². The van der Waals surface area contributed by atoms with Crippen LogP contribution in [0.4, 0.5) is 0 Å². The molecule has 3 nitrogen and oxygen atoms in total. The monoisotopic (exact) mass is 337 g/mol. The van der Waals surface area contributed by atoms with Crippen molar-refractivity contribution in [1.82, 2.24) is 0 Å². The molecule has 0 saturated heterocycles. The standard InChI is InChI=1S/C14H12BrNO2S/c15-12-8-4-5-9-14(12)19(17,18)10-13(16)11-6-2-1-3-7-11/h1-10H,16H2/b13-10-. The Bertz CT molecular complexity index is 709. The lowest BCUT2D eigenvalue weighted by atomic mass is 10.2. The minimum Gasteiger partial charge on any atom is -0.398 e. The number of hydrogen-bond donors (Lipinski definition) is 1. The van der Waals surface area contributed by atoms with Crippen LogP contribution >= 0.6 is 15.9 Å². The Labute approximate surface area is 120 Å². The van der Waals surface area contributed by atoms with Crippen LogP contribution in [0.15, 0.2) is 69.4 Å². The van der Waals surface area contributed by atoms with Crippen molar-refractivity contribution in [3.63, 3.8) is 0 Å². The molecule has 0 aliphatic carbocycles. The smallest absolute Gasteiger partial charge is 0.202 e. The zero-order valence-corrected chi connectivity index (χ0v) is 12.4. The van der Waals surface area contributed by atoms with Crippen molar-refractivity contribution in [2.45, 2.75) is 4.90 Å². The molecule has 2 N–H and O–H groups in total. The van der Waals surface area contributed by atoms with Crippen LogP contribution in [0, 0.1) is 0 Å². The van der Waals surface area contributed by atoms with Gasteiger partial charge in [-0.2, -0.15) is 0 Å². The van der Waals surface area contributed by atoms with E-state index in [1.807, 2.05) is 6.07 Å². The van der Waals surface area contributed by atoms with E-state index in [1.54, 1.807) is 42.5 Å². The summed E-state index contributed by atoms with van der Waals surface area (Å²) in [6.45, 7) is 0. The Morgan fingerprint density at radius 3 is 2.21 bits per heavy atom. The zero-order valence-electron chi connectivity index (χ0n) is 9.95. The van der Waals surface area contributed by atoms with Crippen LogP contribution in [0.5, 0.6) is 0 Å². The Kier molecular flexibility index (Phi) is 4.07. The maximum absolute atomic E-state index is 12.3. The summed E-state index contributed by atoms with van der Waals surface area (Å²) >= 11 is 3.23. The predicted molar refractivity (Wildman–Crippen MR) is 79.9 cm³/mol. The highest BCUT2D eigenvalue weighted by atomic mass is 79.9. The third-order valence-corrected chi connectivity index (χ3v) is 5.02. The number of sulfone groups is 1. The first-order valence-corrected chi connectivity index (χ1v) is 7.87. The van der Waals surface area contributed by atoms with Gasteiger partial charge in [-0.05, 0) is 33.6 Å². The molecule has 0 spiro atoms. The first kappa shape index (κ1) is 13.8. The van der Waals surface area contributed by atoms with E-state index in [0.717, 1.165) is 5.41 Å². The van der Waals surface area contributed by atoms with Crippen molar-refractivity contribution < 1.29 is 8.42 Å². The second-order valence-corrected chi connectivity index (χ2v) is 6.53. The molecule has 0 fully saturated rings. The lowest BCUT2D eigenvalue weighted by molar-refractivity contribution is 0.604. The molecule has 0 unspecified atom stereocenters. The maximum Gasteiger partial charge on any atom is 0.202 e. The van der Waals surface area contributed by atoms with Crippen molar-refractivity contribution in [1.29, 1.82) is 0 Å². The molecule has 0 amide bonds. The first-order valence-electron chi connectivity index (χ1n) is 5.53. The van der Waals surface area contributed by atoms with E-state index >= 15 is 0 Å². The van der Waals surface area contributed by atoms with Gasteiger partial charge >= 0.3 is 0 Å². The van der Waals surface area contributed by atoms with E-state index in [1.165, 1.54) is 6.07 Å². The summed E-state index contributed by atoms with van der Waals surface area (Å²) in [5.74, 6) is 0. The molecule has 0 aromatic heterocycles. The van der Waals surface area contributed by atoms with Crippen molar-refractivity contribution in [3.8, 4) is 0 Å². The van der Waals surface area contributed by atoms with Gasteiger partial charge in [0.25, 0.3) is 0 Å². The Morgan fingerprint density at radius 2 is 1.58 bits per heavy atom. The average molecular weight is 338 g/mol. The van der Waals surface area contributed by atoms with Crippen LogP contribution < -0.4 is 5.73 Å². The minimum absolute atomic E-state index is 0.203. The molecule has 0 saturated carbocycles. The molecule has 0 radical (unpaired) electrons. The van der Waals surface area contributed by atoms with Crippen LogP contribution in [0.2, 0.25) is 0 Å². The Hall–Kier alpha value is -1.59. The van der Waals surface area contributed by atoms with E-state index < -0.39 is 9.84 Å². The van der Waals surface area contributed by atoms with Gasteiger partial charge in [0, 0.05) is 4.47 Å². The third-order valence-electron chi connectivity index (χ3n) is 2.53. The molecule has 0 atom stereocenters. The van der Waals surface area contributed by atoms with Gasteiger partial charge in [0.1, 0.15) is 0 Å². The SMILES string of the molecule is N/C(=C\S(=O)(=O)c1ccccc1Br)c1ccccc1. The summed E-state index contributed by atoms with van der Waals surface area (Å²) in [4.78, 5) is 0.203. The molecule has 0 heterocycles. The maximum atomic E-state index is 12.3. The summed E-state index contributed by atoms with van der Waals surface area (Å²) in [5.41, 5.74) is 6.73. The second-order valence-electron chi connectivity index (χ2n) is 3.91. The lowest BCUT2D eigenvalue weighted by Crippen LogP contribution is -2.03. The van der Waals surface area contributed by atoms with Crippen LogP contribution in [0.25, 0.3) is 5.70 Å². The number of halogens is 1. The van der Waals surface area contributed by atoms with Gasteiger partial charge in [0.05, 0.1) is 16.0 Å². The van der Waals surface area contributed by atoms with Gasteiger partial charge in [-0.25, -0.2) is 8.42 Å². The van der Waals surface area contributed by atoms with Gasteiger partial charge in [0.15, 0.2) is 0 Å². The molecule has 0 aliphatic rings. The molecule has 2 rings (SSSR count). The van der Waals surface area contributed by atoms with Gasteiger partial charge in [0.2, 0.25) is 9.84 Å². The molecule has 2 aromatic rings. The fourth-order valence-electron chi connectivity index (χ4n) is 1.60. The number of hydrogen-bond acceptors (Lipinski definition) is 3. The predicted octanol–water partition coefficient (Wildman–Crippen LogP) is 3.18. The number of nitrogens with two attached hydrogens (primary N) is 1. The van der Waals surface area contributed by atoms with Gasteiger partial charge in [-0.15, -0.1) is 0 Å². The Balaban J connectivity index is 2.45. The molecular formula is C14H12BrNO2S. The first-order chi connectivity index (χ1) is 9.00. The summed E-state index contributed by atoms with van der Waals surface area (Å²) in [7, 11) is -3.57. The van der Waals surface area contributed by atoms with Gasteiger partial charge in [-0.1, -0.05) is 42.5 Å². The van der Waals surface area contributed by atoms with Crippen LogP contribution in [0.3, 0.4) is 0 Å². The quantitative estimate of drug-likeness (QED) is 0.935. The van der Waals surface area contributed by atoms with Crippen LogP contribution in [0.1, 0.15) is 5.56 Å². The highest BCUT2D eigenvalue weighted by Crippen LogP contribution is 2.24. The summed E-state index contributed by atoms with van der Waals surface area (Å²) in [5, 5.41) is 1.09. The molecular weight excluding hydrogens is 326 g/mol. The molecule has 98 valence electrons. The topological polar surface area (TPSA) is 60.2 Å². The van der Waals surface area contributed by atoms with Crippen LogP contribution in [-0.4, -0.2) is 8.42 Å².